The molecule has 0 aliphatic carbocycles. The zero-order chi connectivity index (χ0) is 23.1. The Hall–Kier alpha value is -2.10. The molecule has 1 amide bonds. The molecular weight excluding hydrogens is 446 g/mol. The number of carbonyl (C=O) groups is 1. The highest BCUT2D eigenvalue weighted by molar-refractivity contribution is 7.98. The third-order valence-electron chi connectivity index (χ3n) is 5.58. The molecule has 174 valence electrons. The summed E-state index contributed by atoms with van der Waals surface area (Å²) in [5.74, 6) is 0.888. The average Bonchev–Trinajstić information content (AvgIpc) is 2.81. The lowest BCUT2D eigenvalue weighted by Gasteiger charge is -2.32. The van der Waals surface area contributed by atoms with Gasteiger partial charge in [0.25, 0.3) is 5.91 Å². The van der Waals surface area contributed by atoms with Gasteiger partial charge in [0.15, 0.2) is 0 Å². The van der Waals surface area contributed by atoms with Crippen LogP contribution in [0.2, 0.25) is 0 Å². The van der Waals surface area contributed by atoms with E-state index in [-0.39, 0.29) is 16.7 Å². The van der Waals surface area contributed by atoms with E-state index < -0.39 is 10.0 Å². The number of hydrogen-bond donors (Lipinski definition) is 1. The van der Waals surface area contributed by atoms with Crippen LogP contribution in [0.25, 0.3) is 0 Å². The molecule has 1 aromatic heterocycles. The van der Waals surface area contributed by atoms with Crippen molar-refractivity contribution in [3.8, 4) is 5.75 Å². The van der Waals surface area contributed by atoms with Gasteiger partial charge in [0.05, 0.1) is 17.1 Å². The summed E-state index contributed by atoms with van der Waals surface area (Å²) in [5, 5.41) is 0.730. The number of pyridine rings is 1. The van der Waals surface area contributed by atoms with E-state index in [0.717, 1.165) is 29.9 Å². The number of aryl methyl sites for hydroxylation is 1. The third kappa shape index (κ3) is 6.02. The van der Waals surface area contributed by atoms with Gasteiger partial charge in [-0.25, -0.2) is 18.1 Å². The van der Waals surface area contributed by atoms with E-state index in [1.165, 1.54) is 11.8 Å². The minimum Gasteiger partial charge on any atom is -0.493 e. The van der Waals surface area contributed by atoms with Crippen molar-refractivity contribution < 1.29 is 17.9 Å². The molecule has 0 bridgehead atoms. The van der Waals surface area contributed by atoms with Crippen molar-refractivity contribution in [2.45, 2.75) is 43.0 Å². The number of nitrogens with zero attached hydrogens (tertiary/aromatic N) is 2. The van der Waals surface area contributed by atoms with Gasteiger partial charge < -0.3 is 9.64 Å². The molecule has 1 N–H and O–H groups in total. The normalized spacial score (nSPS) is 15.0. The van der Waals surface area contributed by atoms with Gasteiger partial charge in [-0.2, -0.15) is 0 Å². The van der Waals surface area contributed by atoms with Crippen LogP contribution in [0.15, 0.2) is 46.5 Å². The van der Waals surface area contributed by atoms with Gasteiger partial charge in [0.1, 0.15) is 10.8 Å². The smallest absolute Gasteiger partial charge is 0.256 e. The predicted octanol–water partition coefficient (Wildman–Crippen LogP) is 3.73. The lowest BCUT2D eigenvalue weighted by Crippen LogP contribution is -2.41. The maximum atomic E-state index is 12.9. The molecule has 0 radical (unpaired) electrons. The second-order valence-corrected chi connectivity index (χ2v) is 10.5. The number of ether oxygens (including phenoxy) is 1. The van der Waals surface area contributed by atoms with Crippen LogP contribution in [0.3, 0.4) is 0 Å². The number of aromatic nitrogens is 1. The Morgan fingerprint density at radius 3 is 2.69 bits per heavy atom. The summed E-state index contributed by atoms with van der Waals surface area (Å²) in [7, 11) is -3.60. The molecule has 3 rings (SSSR count). The largest absolute Gasteiger partial charge is 0.493 e. The van der Waals surface area contributed by atoms with Crippen LogP contribution in [0.1, 0.15) is 42.1 Å². The lowest BCUT2D eigenvalue weighted by atomic mass is 9.97. The Labute approximate surface area is 195 Å². The number of carbonyl (C=O) groups excluding carboxylic acids is 1. The summed E-state index contributed by atoms with van der Waals surface area (Å²) >= 11 is 1.46. The minimum atomic E-state index is -3.60. The number of benzene rings is 1. The molecule has 0 spiro atoms. The molecule has 0 atom stereocenters. The fraction of sp³-hybridized carbons (Fsp3) is 0.478. The van der Waals surface area contributed by atoms with E-state index in [0.29, 0.717) is 37.6 Å². The molecule has 1 aliphatic rings. The zero-order valence-corrected chi connectivity index (χ0v) is 20.5. The van der Waals surface area contributed by atoms with E-state index in [1.54, 1.807) is 30.5 Å². The Morgan fingerprint density at radius 1 is 1.28 bits per heavy atom. The second-order valence-electron chi connectivity index (χ2n) is 7.92. The highest BCUT2D eigenvalue weighted by Crippen LogP contribution is 2.24. The topological polar surface area (TPSA) is 88.6 Å². The molecule has 0 saturated carbocycles. The summed E-state index contributed by atoms with van der Waals surface area (Å²) in [6.07, 6.45) is 6.00. The van der Waals surface area contributed by atoms with Crippen LogP contribution in [-0.4, -0.2) is 56.7 Å². The molecule has 0 unspecified atom stereocenters. The first-order valence-corrected chi connectivity index (χ1v) is 13.6. The predicted molar refractivity (Wildman–Crippen MR) is 127 cm³/mol. The highest BCUT2D eigenvalue weighted by atomic mass is 32.2. The first-order valence-electron chi connectivity index (χ1n) is 10.9. The van der Waals surface area contributed by atoms with Crippen molar-refractivity contribution in [3.05, 3.63) is 47.7 Å². The first kappa shape index (κ1) is 24.5. The quantitative estimate of drug-likeness (QED) is 0.554. The van der Waals surface area contributed by atoms with E-state index in [2.05, 4.69) is 9.71 Å². The fourth-order valence-electron chi connectivity index (χ4n) is 3.70. The number of nitrogens with one attached hydrogen (secondary N) is 1. The maximum absolute atomic E-state index is 12.9. The average molecular weight is 478 g/mol. The molecular formula is C23H31N3O4S2. The van der Waals surface area contributed by atoms with Gasteiger partial charge in [-0.1, -0.05) is 6.92 Å². The van der Waals surface area contributed by atoms with E-state index in [4.69, 9.17) is 4.74 Å². The summed E-state index contributed by atoms with van der Waals surface area (Å²) < 4.78 is 33.9. The number of sulfonamides is 1. The van der Waals surface area contributed by atoms with E-state index in [1.807, 2.05) is 31.1 Å². The van der Waals surface area contributed by atoms with Gasteiger partial charge in [-0.15, -0.1) is 11.8 Å². The monoisotopic (exact) mass is 477 g/mol. The molecule has 9 heteroatoms. The number of hydrogen-bond acceptors (Lipinski definition) is 6. The highest BCUT2D eigenvalue weighted by Gasteiger charge is 2.26. The van der Waals surface area contributed by atoms with Gasteiger partial charge >= 0.3 is 0 Å². The van der Waals surface area contributed by atoms with Crippen LogP contribution in [0.5, 0.6) is 5.75 Å². The summed E-state index contributed by atoms with van der Waals surface area (Å²) in [5.41, 5.74) is 1.43. The number of likely N-dealkylation sites (tertiary alicyclic amines) is 1. The van der Waals surface area contributed by atoms with Crippen molar-refractivity contribution in [2.75, 3.05) is 32.5 Å². The standard InChI is InChI=1S/C23H31N3O4S2/c1-4-14-30-21-8-7-19(15-17(21)2)32(28,29)25-16-18-9-12-26(13-10-18)23(27)20-6-5-11-24-22(20)31-3/h5-8,11,15,18,25H,4,9-10,12-14,16H2,1-3H3. The molecule has 1 aromatic carbocycles. The van der Waals surface area contributed by atoms with Crippen LogP contribution in [0, 0.1) is 12.8 Å². The molecule has 2 heterocycles. The Bertz CT molecular complexity index is 1040. The van der Waals surface area contributed by atoms with Gasteiger partial charge in [-0.05, 0) is 74.3 Å². The Balaban J connectivity index is 1.54. The van der Waals surface area contributed by atoms with Crippen molar-refractivity contribution >= 4 is 27.7 Å². The van der Waals surface area contributed by atoms with Gasteiger partial charge in [0.2, 0.25) is 10.0 Å². The fourth-order valence-corrected chi connectivity index (χ4v) is 5.44. The van der Waals surface area contributed by atoms with Crippen LogP contribution >= 0.6 is 11.8 Å². The molecule has 2 aromatic rings. The van der Waals surface area contributed by atoms with Crippen molar-refractivity contribution in [1.82, 2.24) is 14.6 Å². The second kappa shape index (κ2) is 11.2. The first-order chi connectivity index (χ1) is 15.4. The summed E-state index contributed by atoms with van der Waals surface area (Å²) in [4.78, 5) is 19.2. The van der Waals surface area contributed by atoms with Gasteiger partial charge in [0, 0.05) is 25.8 Å². The van der Waals surface area contributed by atoms with Crippen molar-refractivity contribution in [3.63, 3.8) is 0 Å². The lowest BCUT2D eigenvalue weighted by molar-refractivity contribution is 0.0687. The van der Waals surface area contributed by atoms with Crippen LogP contribution < -0.4 is 9.46 Å². The SMILES string of the molecule is CCCOc1ccc(S(=O)(=O)NCC2CCN(C(=O)c3cccnc3SC)CC2)cc1C. The third-order valence-corrected chi connectivity index (χ3v) is 7.71. The molecule has 1 aliphatic heterocycles. The summed E-state index contributed by atoms with van der Waals surface area (Å²) in [6.45, 7) is 6.06. The van der Waals surface area contributed by atoms with E-state index >= 15 is 0 Å². The van der Waals surface area contributed by atoms with Crippen molar-refractivity contribution in [2.24, 2.45) is 5.92 Å². The minimum absolute atomic E-state index is 0.0117. The Morgan fingerprint density at radius 2 is 2.03 bits per heavy atom. The molecule has 32 heavy (non-hydrogen) atoms. The zero-order valence-electron chi connectivity index (χ0n) is 18.8. The van der Waals surface area contributed by atoms with E-state index in [9.17, 15) is 13.2 Å². The maximum Gasteiger partial charge on any atom is 0.256 e. The van der Waals surface area contributed by atoms with Crippen LogP contribution in [-0.2, 0) is 10.0 Å². The molecule has 1 fully saturated rings. The van der Waals surface area contributed by atoms with Gasteiger partial charge in [-0.3, -0.25) is 4.79 Å². The number of thioether (sulfide) groups is 1. The van der Waals surface area contributed by atoms with Crippen molar-refractivity contribution in [1.29, 1.82) is 0 Å². The van der Waals surface area contributed by atoms with Crippen LogP contribution in [0.4, 0.5) is 0 Å². The number of piperidine rings is 1. The summed E-state index contributed by atoms with van der Waals surface area (Å²) in [6, 6.07) is 8.52. The molecule has 7 nitrogen and oxygen atoms in total. The molecule has 1 saturated heterocycles. The number of amides is 1. The number of rotatable bonds is 9. The Kier molecular flexibility index (Phi) is 8.56.